The van der Waals surface area contributed by atoms with Crippen molar-refractivity contribution in [2.45, 2.75) is 25.5 Å². The monoisotopic (exact) mass is 174 g/mol. The summed E-state index contributed by atoms with van der Waals surface area (Å²) in [5.41, 5.74) is 0. The highest BCUT2D eigenvalue weighted by atomic mass is 32.2. The van der Waals surface area contributed by atoms with Crippen LogP contribution in [0.5, 0.6) is 0 Å². The first-order valence-corrected chi connectivity index (χ1v) is 5.63. The lowest BCUT2D eigenvalue weighted by Crippen LogP contribution is -2.30. The van der Waals surface area contributed by atoms with Crippen LogP contribution in [0, 0.1) is 11.8 Å². The zero-order valence-electron chi connectivity index (χ0n) is 7.67. The van der Waals surface area contributed by atoms with E-state index in [9.17, 15) is 0 Å². The normalized spacial score (nSPS) is 32.7. The molecule has 0 aromatic carbocycles. The third-order valence-corrected chi connectivity index (χ3v) is 3.47. The van der Waals surface area contributed by atoms with Gasteiger partial charge in [0.2, 0.25) is 0 Å². The van der Waals surface area contributed by atoms with Crippen LogP contribution in [0.4, 0.5) is 0 Å². The van der Waals surface area contributed by atoms with Gasteiger partial charge in [-0.3, -0.25) is 0 Å². The van der Waals surface area contributed by atoms with Gasteiger partial charge in [0.25, 0.3) is 0 Å². The molecule has 1 fully saturated rings. The van der Waals surface area contributed by atoms with E-state index in [1.807, 2.05) is 11.8 Å². The van der Waals surface area contributed by atoms with Crippen LogP contribution in [0.15, 0.2) is 0 Å². The molecule has 1 heterocycles. The maximum atomic E-state index is 5.53. The summed E-state index contributed by atoms with van der Waals surface area (Å²) in [6.07, 6.45) is 3.52. The van der Waals surface area contributed by atoms with Gasteiger partial charge in [-0.1, -0.05) is 13.8 Å². The first-order valence-electron chi connectivity index (χ1n) is 4.34. The number of thioether (sulfide) groups is 1. The largest absolute Gasteiger partial charge is 0.380 e. The van der Waals surface area contributed by atoms with Crippen LogP contribution < -0.4 is 0 Å². The van der Waals surface area contributed by atoms with Crippen molar-refractivity contribution in [3.05, 3.63) is 0 Å². The molecule has 1 aliphatic rings. The molecule has 1 rings (SSSR count). The second-order valence-corrected chi connectivity index (χ2v) is 4.77. The molecule has 11 heavy (non-hydrogen) atoms. The van der Waals surface area contributed by atoms with Crippen LogP contribution in [0.3, 0.4) is 0 Å². The number of rotatable bonds is 2. The van der Waals surface area contributed by atoms with Crippen molar-refractivity contribution in [1.29, 1.82) is 0 Å². The molecule has 1 saturated heterocycles. The Bertz CT molecular complexity index is 114. The number of ether oxygens (including phenoxy) is 1. The summed E-state index contributed by atoms with van der Waals surface area (Å²) in [5, 5.41) is 0.746. The van der Waals surface area contributed by atoms with Crippen molar-refractivity contribution in [1.82, 2.24) is 0 Å². The molecule has 0 spiro atoms. The predicted octanol–water partition coefficient (Wildman–Crippen LogP) is 2.41. The first-order chi connectivity index (χ1) is 5.24. The van der Waals surface area contributed by atoms with E-state index in [4.69, 9.17) is 4.74 Å². The highest BCUT2D eigenvalue weighted by Gasteiger charge is 2.23. The van der Waals surface area contributed by atoms with Crippen LogP contribution in [-0.4, -0.2) is 24.7 Å². The molecular weight excluding hydrogens is 156 g/mol. The smallest absolute Gasteiger partial charge is 0.0585 e. The van der Waals surface area contributed by atoms with Crippen molar-refractivity contribution in [2.24, 2.45) is 11.8 Å². The molecule has 0 N–H and O–H groups in total. The Hall–Kier alpha value is 0.310. The van der Waals surface area contributed by atoms with E-state index in [1.165, 1.54) is 6.42 Å². The van der Waals surface area contributed by atoms with Crippen molar-refractivity contribution in [2.75, 3.05) is 19.5 Å². The molecule has 0 aromatic rings. The van der Waals surface area contributed by atoms with E-state index < -0.39 is 0 Å². The summed E-state index contributed by atoms with van der Waals surface area (Å²) in [6.45, 7) is 6.52. The fourth-order valence-corrected chi connectivity index (χ4v) is 2.13. The van der Waals surface area contributed by atoms with E-state index >= 15 is 0 Å². The zero-order chi connectivity index (χ0) is 8.27. The van der Waals surface area contributed by atoms with Gasteiger partial charge in [-0.25, -0.2) is 0 Å². The Morgan fingerprint density at radius 3 is 2.64 bits per heavy atom. The van der Waals surface area contributed by atoms with Gasteiger partial charge in [0.1, 0.15) is 0 Å². The van der Waals surface area contributed by atoms with Gasteiger partial charge in [-0.15, -0.1) is 0 Å². The topological polar surface area (TPSA) is 9.23 Å². The van der Waals surface area contributed by atoms with Gasteiger partial charge in [-0.05, 0) is 24.5 Å². The predicted molar refractivity (Wildman–Crippen MR) is 51.1 cm³/mol. The van der Waals surface area contributed by atoms with Crippen molar-refractivity contribution in [3.8, 4) is 0 Å². The summed E-state index contributed by atoms with van der Waals surface area (Å²) in [6, 6.07) is 0. The van der Waals surface area contributed by atoms with E-state index in [-0.39, 0.29) is 0 Å². The SMILES string of the molecule is CSC1COCC(C(C)C)C1. The lowest BCUT2D eigenvalue weighted by atomic mass is 9.90. The molecule has 1 nitrogen and oxygen atoms in total. The van der Waals surface area contributed by atoms with Crippen molar-refractivity contribution < 1.29 is 4.74 Å². The molecule has 2 heteroatoms. The van der Waals surface area contributed by atoms with E-state index in [2.05, 4.69) is 20.1 Å². The van der Waals surface area contributed by atoms with Gasteiger partial charge in [0, 0.05) is 11.9 Å². The van der Waals surface area contributed by atoms with Gasteiger partial charge >= 0.3 is 0 Å². The molecule has 2 unspecified atom stereocenters. The highest BCUT2D eigenvalue weighted by Crippen LogP contribution is 2.27. The molecule has 0 radical (unpaired) electrons. The maximum absolute atomic E-state index is 5.53. The quantitative estimate of drug-likeness (QED) is 0.636. The summed E-state index contributed by atoms with van der Waals surface area (Å²) in [7, 11) is 0. The van der Waals surface area contributed by atoms with Crippen LogP contribution in [-0.2, 0) is 4.74 Å². The molecule has 0 saturated carbocycles. The average Bonchev–Trinajstić information content (AvgIpc) is 2.05. The molecule has 0 aromatic heterocycles. The Morgan fingerprint density at radius 2 is 2.09 bits per heavy atom. The van der Waals surface area contributed by atoms with Crippen LogP contribution >= 0.6 is 11.8 Å². The van der Waals surface area contributed by atoms with Gasteiger partial charge in [-0.2, -0.15) is 11.8 Å². The first kappa shape index (κ1) is 9.40. The van der Waals surface area contributed by atoms with E-state index in [0.717, 1.165) is 30.3 Å². The summed E-state index contributed by atoms with van der Waals surface area (Å²) < 4.78 is 5.53. The standard InChI is InChI=1S/C9H18OS/c1-7(2)8-4-9(11-3)6-10-5-8/h7-9H,4-6H2,1-3H3. The second kappa shape index (κ2) is 4.36. The summed E-state index contributed by atoms with van der Waals surface area (Å²) >= 11 is 1.94. The number of hydrogen-bond donors (Lipinski definition) is 0. The van der Waals surface area contributed by atoms with Crippen LogP contribution in [0.2, 0.25) is 0 Å². The fourth-order valence-electron chi connectivity index (χ4n) is 1.45. The Labute approximate surface area is 73.9 Å². The van der Waals surface area contributed by atoms with Gasteiger partial charge in [0.15, 0.2) is 0 Å². The average molecular weight is 174 g/mol. The number of hydrogen-bond acceptors (Lipinski definition) is 2. The Kier molecular flexibility index (Phi) is 3.73. The second-order valence-electron chi connectivity index (χ2n) is 3.63. The maximum Gasteiger partial charge on any atom is 0.0585 e. The van der Waals surface area contributed by atoms with Crippen molar-refractivity contribution in [3.63, 3.8) is 0 Å². The molecule has 2 atom stereocenters. The van der Waals surface area contributed by atoms with Gasteiger partial charge in [0.05, 0.1) is 6.61 Å². The fraction of sp³-hybridized carbons (Fsp3) is 1.00. The minimum atomic E-state index is 0.746. The molecular formula is C9H18OS. The Balaban J connectivity index is 2.33. The molecule has 0 amide bonds. The van der Waals surface area contributed by atoms with E-state index in [0.29, 0.717) is 0 Å². The van der Waals surface area contributed by atoms with E-state index in [1.54, 1.807) is 0 Å². The minimum absolute atomic E-state index is 0.746. The summed E-state index contributed by atoms with van der Waals surface area (Å²) in [4.78, 5) is 0. The van der Waals surface area contributed by atoms with Gasteiger partial charge < -0.3 is 4.74 Å². The molecule has 0 bridgehead atoms. The third-order valence-electron chi connectivity index (χ3n) is 2.48. The third kappa shape index (κ3) is 2.68. The summed E-state index contributed by atoms with van der Waals surface area (Å²) in [5.74, 6) is 1.58. The minimum Gasteiger partial charge on any atom is -0.380 e. The van der Waals surface area contributed by atoms with Crippen LogP contribution in [0.25, 0.3) is 0 Å². The lowest BCUT2D eigenvalue weighted by molar-refractivity contribution is 0.0418. The molecule has 66 valence electrons. The lowest BCUT2D eigenvalue weighted by Gasteiger charge is -2.30. The molecule has 0 aliphatic carbocycles. The zero-order valence-corrected chi connectivity index (χ0v) is 8.49. The molecule has 1 aliphatic heterocycles. The highest BCUT2D eigenvalue weighted by molar-refractivity contribution is 7.99. The van der Waals surface area contributed by atoms with Crippen LogP contribution in [0.1, 0.15) is 20.3 Å². The van der Waals surface area contributed by atoms with Crippen molar-refractivity contribution >= 4 is 11.8 Å². The Morgan fingerprint density at radius 1 is 1.36 bits per heavy atom.